The molecule has 0 bridgehead atoms. The molecule has 19 heavy (non-hydrogen) atoms. The van der Waals surface area contributed by atoms with Crippen molar-refractivity contribution in [2.75, 3.05) is 17.7 Å². The minimum absolute atomic E-state index is 0.0312. The Labute approximate surface area is 121 Å². The van der Waals surface area contributed by atoms with Crippen LogP contribution in [0.4, 0.5) is 11.4 Å². The van der Waals surface area contributed by atoms with Crippen LogP contribution in [0, 0.1) is 0 Å². The highest BCUT2D eigenvalue weighted by molar-refractivity contribution is 9.10. The Balaban J connectivity index is 2.12. The molecule has 2 aromatic carbocycles. The van der Waals surface area contributed by atoms with Gasteiger partial charge in [-0.25, -0.2) is 0 Å². The number of carbonyl (C=O) groups excluding carboxylic acids is 1. The van der Waals surface area contributed by atoms with E-state index in [1.807, 2.05) is 36.4 Å². The number of nitrogen functional groups attached to an aromatic ring is 1. The van der Waals surface area contributed by atoms with Gasteiger partial charge < -0.3 is 10.6 Å². The number of halogens is 1. The molecule has 0 aliphatic rings. The van der Waals surface area contributed by atoms with Crippen LogP contribution in [0.25, 0.3) is 0 Å². The summed E-state index contributed by atoms with van der Waals surface area (Å²) in [5, 5.41) is 0. The highest BCUT2D eigenvalue weighted by Crippen LogP contribution is 2.18. The number of anilines is 2. The second-order valence-corrected chi connectivity index (χ2v) is 5.27. The van der Waals surface area contributed by atoms with Crippen LogP contribution < -0.4 is 10.6 Å². The van der Waals surface area contributed by atoms with Gasteiger partial charge >= 0.3 is 0 Å². The van der Waals surface area contributed by atoms with Crippen molar-refractivity contribution in [3.63, 3.8) is 0 Å². The summed E-state index contributed by atoms with van der Waals surface area (Å²) < 4.78 is 0.976. The largest absolute Gasteiger partial charge is 0.399 e. The molecule has 0 saturated carbocycles. The summed E-state index contributed by atoms with van der Waals surface area (Å²) in [6.07, 6.45) is 0.366. The first-order valence-corrected chi connectivity index (χ1v) is 6.72. The summed E-state index contributed by atoms with van der Waals surface area (Å²) in [6, 6.07) is 15.1. The topological polar surface area (TPSA) is 46.3 Å². The van der Waals surface area contributed by atoms with Crippen LogP contribution in [0.2, 0.25) is 0 Å². The molecule has 0 atom stereocenters. The molecule has 0 aliphatic heterocycles. The van der Waals surface area contributed by atoms with Crippen LogP contribution in [0.1, 0.15) is 5.56 Å². The summed E-state index contributed by atoms with van der Waals surface area (Å²) in [5.74, 6) is 0.0312. The molecule has 0 aromatic heterocycles. The van der Waals surface area contributed by atoms with Crippen molar-refractivity contribution in [2.45, 2.75) is 6.42 Å². The third kappa shape index (κ3) is 3.58. The number of nitrogens with two attached hydrogens (primary N) is 1. The van der Waals surface area contributed by atoms with Gasteiger partial charge in [-0.15, -0.1) is 0 Å². The van der Waals surface area contributed by atoms with Gasteiger partial charge in [0, 0.05) is 22.9 Å². The Morgan fingerprint density at radius 3 is 2.63 bits per heavy atom. The number of nitrogens with zero attached hydrogens (tertiary/aromatic N) is 1. The van der Waals surface area contributed by atoms with Gasteiger partial charge in [-0.05, 0) is 35.9 Å². The second-order valence-electron chi connectivity index (χ2n) is 4.35. The third-order valence-electron chi connectivity index (χ3n) is 2.88. The highest BCUT2D eigenvalue weighted by atomic mass is 79.9. The number of benzene rings is 2. The monoisotopic (exact) mass is 318 g/mol. The number of amides is 1. The molecule has 98 valence electrons. The van der Waals surface area contributed by atoms with E-state index < -0.39 is 0 Å². The molecular formula is C15H15BrN2O. The lowest BCUT2D eigenvalue weighted by Gasteiger charge is -2.17. The van der Waals surface area contributed by atoms with Gasteiger partial charge in [-0.1, -0.05) is 34.1 Å². The standard InChI is InChI=1S/C15H15BrN2O/c1-18(14-7-3-6-13(17)10-14)15(19)9-11-4-2-5-12(16)8-11/h2-8,10H,9,17H2,1H3. The van der Waals surface area contributed by atoms with E-state index in [9.17, 15) is 4.79 Å². The van der Waals surface area contributed by atoms with Gasteiger partial charge in [0.15, 0.2) is 0 Å². The lowest BCUT2D eigenvalue weighted by Crippen LogP contribution is -2.27. The van der Waals surface area contributed by atoms with Crippen LogP contribution >= 0.6 is 15.9 Å². The molecule has 1 amide bonds. The number of carbonyl (C=O) groups is 1. The Morgan fingerprint density at radius 2 is 1.95 bits per heavy atom. The van der Waals surface area contributed by atoms with Crippen molar-refractivity contribution in [2.24, 2.45) is 0 Å². The first kappa shape index (κ1) is 13.6. The number of likely N-dealkylation sites (N-methyl/N-ethyl adjacent to an activating group) is 1. The minimum atomic E-state index is 0.0312. The molecule has 0 radical (unpaired) electrons. The zero-order valence-electron chi connectivity index (χ0n) is 10.6. The quantitative estimate of drug-likeness (QED) is 0.883. The molecule has 0 fully saturated rings. The Bertz CT molecular complexity index is 598. The zero-order valence-corrected chi connectivity index (χ0v) is 12.2. The summed E-state index contributed by atoms with van der Waals surface area (Å²) in [4.78, 5) is 13.8. The molecule has 0 heterocycles. The maximum atomic E-state index is 12.2. The van der Waals surface area contributed by atoms with Crippen molar-refractivity contribution < 1.29 is 4.79 Å². The van der Waals surface area contributed by atoms with E-state index >= 15 is 0 Å². The molecule has 2 N–H and O–H groups in total. The molecular weight excluding hydrogens is 304 g/mol. The van der Waals surface area contributed by atoms with E-state index in [1.165, 1.54) is 0 Å². The van der Waals surface area contributed by atoms with Gasteiger partial charge in [0.25, 0.3) is 0 Å². The lowest BCUT2D eigenvalue weighted by atomic mass is 10.1. The molecule has 0 aliphatic carbocycles. The van der Waals surface area contributed by atoms with Crippen LogP contribution in [-0.2, 0) is 11.2 Å². The first-order chi connectivity index (χ1) is 9.06. The Hall–Kier alpha value is -1.81. The number of hydrogen-bond donors (Lipinski definition) is 1. The SMILES string of the molecule is CN(C(=O)Cc1cccc(Br)c1)c1cccc(N)c1. The van der Waals surface area contributed by atoms with Crippen molar-refractivity contribution in [1.29, 1.82) is 0 Å². The van der Waals surface area contributed by atoms with E-state index in [4.69, 9.17) is 5.73 Å². The van der Waals surface area contributed by atoms with Gasteiger partial charge in [0.1, 0.15) is 0 Å². The number of rotatable bonds is 3. The molecule has 3 nitrogen and oxygen atoms in total. The van der Waals surface area contributed by atoms with Gasteiger partial charge in [-0.3, -0.25) is 4.79 Å². The Kier molecular flexibility index (Phi) is 4.22. The fraction of sp³-hybridized carbons (Fsp3) is 0.133. The van der Waals surface area contributed by atoms with Crippen LogP contribution in [-0.4, -0.2) is 13.0 Å². The molecule has 0 unspecified atom stereocenters. The van der Waals surface area contributed by atoms with Gasteiger partial charge in [0.05, 0.1) is 6.42 Å². The third-order valence-corrected chi connectivity index (χ3v) is 3.37. The maximum absolute atomic E-state index is 12.2. The summed E-state index contributed by atoms with van der Waals surface area (Å²) >= 11 is 3.40. The van der Waals surface area contributed by atoms with Crippen LogP contribution in [0.15, 0.2) is 53.0 Å². The molecule has 2 aromatic rings. The van der Waals surface area contributed by atoms with Crippen molar-refractivity contribution >= 4 is 33.2 Å². The average molecular weight is 319 g/mol. The number of hydrogen-bond acceptors (Lipinski definition) is 2. The Morgan fingerprint density at radius 1 is 1.21 bits per heavy atom. The molecule has 2 rings (SSSR count). The summed E-state index contributed by atoms with van der Waals surface area (Å²) in [5.41, 5.74) is 8.16. The fourth-order valence-electron chi connectivity index (χ4n) is 1.82. The predicted octanol–water partition coefficient (Wildman–Crippen LogP) is 3.24. The minimum Gasteiger partial charge on any atom is -0.399 e. The normalized spacial score (nSPS) is 10.2. The predicted molar refractivity (Wildman–Crippen MR) is 82.1 cm³/mol. The van der Waals surface area contributed by atoms with Crippen molar-refractivity contribution in [3.05, 3.63) is 58.6 Å². The van der Waals surface area contributed by atoms with Crippen molar-refractivity contribution in [3.8, 4) is 0 Å². The molecule has 4 heteroatoms. The van der Waals surface area contributed by atoms with E-state index in [-0.39, 0.29) is 5.91 Å². The average Bonchev–Trinajstić information content (AvgIpc) is 2.38. The maximum Gasteiger partial charge on any atom is 0.231 e. The lowest BCUT2D eigenvalue weighted by molar-refractivity contribution is -0.117. The van der Waals surface area contributed by atoms with Crippen molar-refractivity contribution in [1.82, 2.24) is 0 Å². The summed E-state index contributed by atoms with van der Waals surface area (Å²) in [6.45, 7) is 0. The smallest absolute Gasteiger partial charge is 0.231 e. The molecule has 0 spiro atoms. The first-order valence-electron chi connectivity index (χ1n) is 5.93. The van der Waals surface area contributed by atoms with E-state index in [0.29, 0.717) is 12.1 Å². The van der Waals surface area contributed by atoms with E-state index in [0.717, 1.165) is 15.7 Å². The molecule has 0 saturated heterocycles. The van der Waals surface area contributed by atoms with Crippen LogP contribution in [0.5, 0.6) is 0 Å². The van der Waals surface area contributed by atoms with Gasteiger partial charge in [0.2, 0.25) is 5.91 Å². The van der Waals surface area contributed by atoms with E-state index in [2.05, 4.69) is 15.9 Å². The zero-order chi connectivity index (χ0) is 13.8. The van der Waals surface area contributed by atoms with E-state index in [1.54, 1.807) is 24.1 Å². The van der Waals surface area contributed by atoms with Gasteiger partial charge in [-0.2, -0.15) is 0 Å². The fourth-order valence-corrected chi connectivity index (χ4v) is 2.26. The van der Waals surface area contributed by atoms with Crippen LogP contribution in [0.3, 0.4) is 0 Å². The highest BCUT2D eigenvalue weighted by Gasteiger charge is 2.11. The summed E-state index contributed by atoms with van der Waals surface area (Å²) in [7, 11) is 1.76. The second kappa shape index (κ2) is 5.89.